The van der Waals surface area contributed by atoms with Gasteiger partial charge in [0.15, 0.2) is 0 Å². The summed E-state index contributed by atoms with van der Waals surface area (Å²) >= 11 is 3.08. The summed E-state index contributed by atoms with van der Waals surface area (Å²) in [6.45, 7) is 3.91. The van der Waals surface area contributed by atoms with Crippen LogP contribution >= 0.6 is 15.9 Å². The minimum atomic E-state index is -3.69. The smallest absolute Gasteiger partial charge is 0.241 e. The first-order valence-electron chi connectivity index (χ1n) is 6.18. The summed E-state index contributed by atoms with van der Waals surface area (Å²) in [6, 6.07) is 3.32. The van der Waals surface area contributed by atoms with Crippen LogP contribution in [0.5, 0.6) is 0 Å². The maximum Gasteiger partial charge on any atom is 0.241 e. The molecule has 0 spiro atoms. The second-order valence-corrected chi connectivity index (χ2v) is 8.07. The average molecular weight is 366 g/mol. The molecule has 0 heterocycles. The summed E-state index contributed by atoms with van der Waals surface area (Å²) in [6.07, 6.45) is 0.661. The highest BCUT2D eigenvalue weighted by atomic mass is 79.9. The van der Waals surface area contributed by atoms with Crippen molar-refractivity contribution in [2.24, 2.45) is 5.41 Å². The van der Waals surface area contributed by atoms with Crippen LogP contribution in [0.4, 0.5) is 4.39 Å². The molecule has 1 N–H and O–H groups in total. The number of benzene rings is 1. The third-order valence-corrected chi connectivity index (χ3v) is 6.39. The first-order valence-corrected chi connectivity index (χ1v) is 8.46. The van der Waals surface area contributed by atoms with Gasteiger partial charge < -0.3 is 4.74 Å². The van der Waals surface area contributed by atoms with E-state index >= 15 is 0 Å². The van der Waals surface area contributed by atoms with Crippen LogP contribution in [-0.4, -0.2) is 27.7 Å². The van der Waals surface area contributed by atoms with E-state index in [0.29, 0.717) is 6.42 Å². The van der Waals surface area contributed by atoms with Crippen molar-refractivity contribution in [2.75, 3.05) is 7.11 Å². The van der Waals surface area contributed by atoms with Crippen LogP contribution in [0.1, 0.15) is 20.3 Å². The molecule has 1 fully saturated rings. The van der Waals surface area contributed by atoms with Crippen molar-refractivity contribution in [3.63, 3.8) is 0 Å². The number of hydrogen-bond acceptors (Lipinski definition) is 3. The number of rotatable bonds is 4. The van der Waals surface area contributed by atoms with E-state index in [9.17, 15) is 12.8 Å². The molecule has 0 saturated heterocycles. The molecule has 1 aliphatic rings. The third kappa shape index (κ3) is 2.77. The average Bonchev–Trinajstić information content (AvgIpc) is 2.33. The summed E-state index contributed by atoms with van der Waals surface area (Å²) < 4.78 is 45.9. The first-order chi connectivity index (χ1) is 9.18. The summed E-state index contributed by atoms with van der Waals surface area (Å²) in [5.41, 5.74) is -0.270. The fourth-order valence-electron chi connectivity index (χ4n) is 2.43. The molecular weight excluding hydrogens is 349 g/mol. The number of halogens is 2. The van der Waals surface area contributed by atoms with Crippen LogP contribution in [0.25, 0.3) is 0 Å². The molecule has 20 heavy (non-hydrogen) atoms. The Kier molecular flexibility index (Phi) is 4.26. The van der Waals surface area contributed by atoms with E-state index in [1.165, 1.54) is 6.07 Å². The molecule has 112 valence electrons. The standard InChI is InChI=1S/C13H17BrFNO3S/c1-13(2)11(7-12(13)19-3)16-20(17,18)10-5-4-8(15)6-9(10)14/h4-6,11-12,16H,7H2,1-3H3. The molecule has 0 aliphatic heterocycles. The van der Waals surface area contributed by atoms with Crippen molar-refractivity contribution in [1.82, 2.24) is 4.72 Å². The summed E-state index contributed by atoms with van der Waals surface area (Å²) in [5, 5.41) is 0. The molecule has 0 radical (unpaired) electrons. The van der Waals surface area contributed by atoms with E-state index in [1.54, 1.807) is 7.11 Å². The Morgan fingerprint density at radius 2 is 2.10 bits per heavy atom. The molecule has 1 aromatic rings. The van der Waals surface area contributed by atoms with E-state index in [2.05, 4.69) is 20.7 Å². The van der Waals surface area contributed by atoms with E-state index in [4.69, 9.17) is 4.74 Å². The molecule has 1 saturated carbocycles. The van der Waals surface area contributed by atoms with Crippen molar-refractivity contribution in [3.8, 4) is 0 Å². The molecule has 0 aromatic heterocycles. The van der Waals surface area contributed by atoms with Gasteiger partial charge in [-0.05, 0) is 40.5 Å². The van der Waals surface area contributed by atoms with Crippen molar-refractivity contribution in [3.05, 3.63) is 28.5 Å². The third-order valence-electron chi connectivity index (χ3n) is 3.94. The summed E-state index contributed by atoms with van der Waals surface area (Å²) in [7, 11) is -2.07. The first kappa shape index (κ1) is 15.9. The van der Waals surface area contributed by atoms with Gasteiger partial charge in [-0.15, -0.1) is 0 Å². The van der Waals surface area contributed by atoms with Gasteiger partial charge in [0, 0.05) is 23.0 Å². The zero-order valence-corrected chi connectivity index (χ0v) is 13.9. The summed E-state index contributed by atoms with van der Waals surface area (Å²) in [4.78, 5) is 0.0376. The van der Waals surface area contributed by atoms with Crippen molar-refractivity contribution < 1.29 is 17.5 Å². The summed E-state index contributed by atoms with van der Waals surface area (Å²) in [5.74, 6) is -0.487. The zero-order valence-electron chi connectivity index (χ0n) is 11.5. The second-order valence-electron chi connectivity index (χ2n) is 5.53. The predicted octanol–water partition coefficient (Wildman–Crippen LogP) is 2.68. The molecule has 2 unspecified atom stereocenters. The maximum atomic E-state index is 13.0. The second kappa shape index (κ2) is 5.36. The van der Waals surface area contributed by atoms with E-state index in [0.717, 1.165) is 12.1 Å². The fraction of sp³-hybridized carbons (Fsp3) is 0.538. The number of sulfonamides is 1. The Morgan fingerprint density at radius 3 is 2.60 bits per heavy atom. The molecule has 2 rings (SSSR count). The SMILES string of the molecule is COC1CC(NS(=O)(=O)c2ccc(F)cc2Br)C1(C)C. The quantitative estimate of drug-likeness (QED) is 0.892. The number of hydrogen-bond donors (Lipinski definition) is 1. The van der Waals surface area contributed by atoms with Gasteiger partial charge in [-0.3, -0.25) is 0 Å². The minimum absolute atomic E-state index is 0.0341. The lowest BCUT2D eigenvalue weighted by atomic mass is 9.65. The van der Waals surface area contributed by atoms with Crippen LogP contribution in [0.15, 0.2) is 27.6 Å². The molecule has 2 atom stereocenters. The van der Waals surface area contributed by atoms with Crippen molar-refractivity contribution in [2.45, 2.75) is 37.3 Å². The molecule has 0 amide bonds. The van der Waals surface area contributed by atoms with Gasteiger partial charge in [0.1, 0.15) is 5.82 Å². The molecule has 4 nitrogen and oxygen atoms in total. The molecule has 7 heteroatoms. The highest BCUT2D eigenvalue weighted by Crippen LogP contribution is 2.43. The number of methoxy groups -OCH3 is 1. The lowest BCUT2D eigenvalue weighted by Gasteiger charge is -2.50. The molecule has 0 bridgehead atoms. The zero-order chi connectivity index (χ0) is 15.1. The Balaban J connectivity index is 2.21. The van der Waals surface area contributed by atoms with Crippen LogP contribution in [0.2, 0.25) is 0 Å². The highest BCUT2D eigenvalue weighted by Gasteiger charge is 2.50. The molecule has 1 aliphatic carbocycles. The topological polar surface area (TPSA) is 55.4 Å². The Morgan fingerprint density at radius 1 is 1.45 bits per heavy atom. The Labute approximate surface area is 126 Å². The number of nitrogens with one attached hydrogen (secondary N) is 1. The van der Waals surface area contributed by atoms with Gasteiger partial charge in [-0.2, -0.15) is 0 Å². The van der Waals surface area contributed by atoms with Gasteiger partial charge in [-0.25, -0.2) is 17.5 Å². The van der Waals surface area contributed by atoms with Crippen molar-refractivity contribution >= 4 is 26.0 Å². The number of ether oxygens (including phenoxy) is 1. The Hall–Kier alpha value is -0.500. The van der Waals surface area contributed by atoms with Crippen LogP contribution in [-0.2, 0) is 14.8 Å². The monoisotopic (exact) mass is 365 g/mol. The van der Waals surface area contributed by atoms with Crippen LogP contribution < -0.4 is 4.72 Å². The largest absolute Gasteiger partial charge is 0.381 e. The van der Waals surface area contributed by atoms with Gasteiger partial charge in [-0.1, -0.05) is 13.8 Å². The van der Waals surface area contributed by atoms with Gasteiger partial charge >= 0.3 is 0 Å². The minimum Gasteiger partial charge on any atom is -0.381 e. The lowest BCUT2D eigenvalue weighted by molar-refractivity contribution is -0.0908. The Bertz CT molecular complexity index is 618. The van der Waals surface area contributed by atoms with Gasteiger partial charge in [0.2, 0.25) is 10.0 Å². The van der Waals surface area contributed by atoms with Gasteiger partial charge in [0.25, 0.3) is 0 Å². The molecule has 1 aromatic carbocycles. The molecular formula is C13H17BrFNO3S. The van der Waals surface area contributed by atoms with Gasteiger partial charge in [0.05, 0.1) is 11.0 Å². The van der Waals surface area contributed by atoms with Crippen LogP contribution in [0, 0.1) is 11.2 Å². The predicted molar refractivity (Wildman–Crippen MR) is 77.4 cm³/mol. The van der Waals surface area contributed by atoms with E-state index in [1.807, 2.05) is 13.8 Å². The van der Waals surface area contributed by atoms with E-state index in [-0.39, 0.29) is 26.9 Å². The van der Waals surface area contributed by atoms with Crippen LogP contribution in [0.3, 0.4) is 0 Å². The maximum absolute atomic E-state index is 13.0. The lowest BCUT2D eigenvalue weighted by Crippen LogP contribution is -2.61. The highest BCUT2D eigenvalue weighted by molar-refractivity contribution is 9.10. The fourth-order valence-corrected chi connectivity index (χ4v) is 4.88. The van der Waals surface area contributed by atoms with E-state index < -0.39 is 15.8 Å². The normalized spacial score (nSPS) is 25.2. The van der Waals surface area contributed by atoms with Crippen molar-refractivity contribution in [1.29, 1.82) is 0 Å².